The van der Waals surface area contributed by atoms with E-state index in [2.05, 4.69) is 0 Å². The van der Waals surface area contributed by atoms with E-state index in [4.69, 9.17) is 14.4 Å². The summed E-state index contributed by atoms with van der Waals surface area (Å²) >= 11 is 0. The maximum atomic E-state index is 8.74. The van der Waals surface area contributed by atoms with E-state index >= 15 is 0 Å². The lowest BCUT2D eigenvalue weighted by molar-refractivity contribution is 0.405. The quantitative estimate of drug-likeness (QED) is 0.276. The van der Waals surface area contributed by atoms with Gasteiger partial charge in [-0.05, 0) is 0 Å². The molecule has 1 radical (unpaired) electrons. The van der Waals surface area contributed by atoms with Gasteiger partial charge in [0.25, 0.3) is 0 Å². The van der Waals surface area contributed by atoms with Crippen LogP contribution in [0.15, 0.2) is 0 Å². The molecule has 0 saturated heterocycles. The van der Waals surface area contributed by atoms with Crippen LogP contribution in [0.25, 0.3) is 0 Å². The summed E-state index contributed by atoms with van der Waals surface area (Å²) in [6.07, 6.45) is 0. The van der Waals surface area contributed by atoms with E-state index in [0.29, 0.717) is 0 Å². The van der Waals surface area contributed by atoms with E-state index < -0.39 is 8.25 Å². The Morgan fingerprint density at radius 3 is 1.33 bits per heavy atom. The predicted octanol–water partition coefficient (Wildman–Crippen LogP) is -1.39. The first kappa shape index (κ1) is 15.9. The highest BCUT2D eigenvalue weighted by Crippen LogP contribution is 1.98. The molecule has 6 heavy (non-hydrogen) atoms. The van der Waals surface area contributed by atoms with Crippen LogP contribution in [0.4, 0.5) is 0 Å². The molecule has 5 N–H and O–H groups in total. The predicted molar refractivity (Wildman–Crippen MR) is 27.0 cm³/mol. The van der Waals surface area contributed by atoms with E-state index in [-0.39, 0.29) is 23.5 Å². The Labute approximate surface area is 46.9 Å². The second-order valence-electron chi connectivity index (χ2n) is 0.283. The van der Waals surface area contributed by atoms with Gasteiger partial charge in [-0.15, -0.1) is 0 Å². The summed E-state index contributed by atoms with van der Waals surface area (Å²) in [5.74, 6) is 0. The van der Waals surface area contributed by atoms with Crippen LogP contribution in [0.5, 0.6) is 0 Å². The number of hydrogen-bond acceptors (Lipinski definition) is 2. The van der Waals surface area contributed by atoms with Crippen LogP contribution >= 0.6 is 8.25 Å². The first-order valence-electron chi connectivity index (χ1n) is 0.651. The maximum Gasteiger partial charge on any atom is 0.314 e. The van der Waals surface area contributed by atoms with Crippen molar-refractivity contribution in [2.75, 3.05) is 0 Å². The number of rotatable bonds is 0. The summed E-state index contributed by atoms with van der Waals surface area (Å²) in [4.78, 5) is 14.3. The molecule has 0 aromatic rings. The summed E-state index contributed by atoms with van der Waals surface area (Å²) < 4.78 is 8.74. The summed E-state index contributed by atoms with van der Waals surface area (Å²) in [6.45, 7) is 0. The third-order valence-corrected chi connectivity index (χ3v) is 0. The molecule has 0 rings (SSSR count). The van der Waals surface area contributed by atoms with E-state index in [1.807, 2.05) is 0 Å². The lowest BCUT2D eigenvalue weighted by Gasteiger charge is -1.61. The van der Waals surface area contributed by atoms with E-state index in [1.54, 1.807) is 0 Å². The minimum atomic E-state index is -3.13. The van der Waals surface area contributed by atoms with Gasteiger partial charge in [0.05, 0.1) is 0 Å². The van der Waals surface area contributed by atoms with Gasteiger partial charge in [0.2, 0.25) is 0 Å². The molecule has 6 heteroatoms. The normalized spacial score (nSPS) is 5.83. The fraction of sp³-hybridized carbons (Fsp3) is 0. The van der Waals surface area contributed by atoms with Crippen molar-refractivity contribution in [1.82, 2.24) is 6.15 Å². The van der Waals surface area contributed by atoms with Crippen molar-refractivity contribution in [2.24, 2.45) is 0 Å². The van der Waals surface area contributed by atoms with Crippen molar-refractivity contribution in [3.8, 4) is 0 Å². The topological polar surface area (TPSA) is 92.5 Å². The largest absolute Gasteiger partial charge is 0.344 e. The van der Waals surface area contributed by atoms with Gasteiger partial charge in [-0.1, -0.05) is 0 Å². The number of hydrogen-bond donors (Lipinski definition) is 3. The zero-order valence-corrected chi connectivity index (χ0v) is 6.51. The molecule has 0 atom stereocenters. The van der Waals surface area contributed by atoms with Gasteiger partial charge in [0.1, 0.15) is 17.4 Å². The van der Waals surface area contributed by atoms with Crippen LogP contribution in [-0.4, -0.2) is 27.1 Å². The zero-order valence-electron chi connectivity index (χ0n) is 3.51. The molecule has 0 amide bonds. The molecular formula is H8AlNO3P. The van der Waals surface area contributed by atoms with Crippen LogP contribution in [0.2, 0.25) is 0 Å². The molecule has 0 spiro atoms. The van der Waals surface area contributed by atoms with E-state index in [9.17, 15) is 0 Å². The molecule has 0 fully saturated rings. The minimum absolute atomic E-state index is 0. The highest BCUT2D eigenvalue weighted by Gasteiger charge is 1.61. The van der Waals surface area contributed by atoms with E-state index in [0.717, 1.165) is 0 Å². The molecule has 0 saturated carbocycles. The molecular weight excluding hydrogens is 120 g/mol. The zero-order chi connectivity index (χ0) is 3.58. The molecule has 0 bridgehead atoms. The molecule has 39 valence electrons. The summed E-state index contributed by atoms with van der Waals surface area (Å²) in [5, 5.41) is 0. The monoisotopic (exact) mass is 128 g/mol. The van der Waals surface area contributed by atoms with Crippen molar-refractivity contribution in [1.29, 1.82) is 0 Å². The second kappa shape index (κ2) is 9.17. The fourth-order valence-electron chi connectivity index (χ4n) is 0. The molecule has 0 aliphatic rings. The Morgan fingerprint density at radius 1 is 1.33 bits per heavy atom. The molecule has 0 aliphatic heterocycles. The minimum Gasteiger partial charge on any atom is -0.344 e. The Bertz CT molecular complexity index is 33.8. The SMILES string of the molecule is N.O=[PH](O)O.[AlH2]. The summed E-state index contributed by atoms with van der Waals surface area (Å²) in [5.41, 5.74) is 0. The van der Waals surface area contributed by atoms with Gasteiger partial charge in [0.15, 0.2) is 0 Å². The van der Waals surface area contributed by atoms with Gasteiger partial charge in [0, 0.05) is 0 Å². The second-order valence-corrected chi connectivity index (χ2v) is 0.848. The Morgan fingerprint density at radius 2 is 1.33 bits per heavy atom. The van der Waals surface area contributed by atoms with Crippen LogP contribution < -0.4 is 6.15 Å². The third-order valence-electron chi connectivity index (χ3n) is 0. The average molecular weight is 128 g/mol. The van der Waals surface area contributed by atoms with Crippen molar-refractivity contribution < 1.29 is 14.4 Å². The molecule has 0 aliphatic carbocycles. The summed E-state index contributed by atoms with van der Waals surface area (Å²) in [7, 11) is -3.13. The van der Waals surface area contributed by atoms with Gasteiger partial charge in [-0.2, -0.15) is 0 Å². The molecule has 4 nitrogen and oxygen atoms in total. The maximum absolute atomic E-state index is 8.74. The standard InChI is InChI=1S/Al.H3N.H3O3P.2H/c;;1-4(2)3;;/h;1H3;4H,(H2,1,2,3);;. The van der Waals surface area contributed by atoms with Crippen molar-refractivity contribution >= 4 is 25.6 Å². The first-order chi connectivity index (χ1) is 1.73. The average Bonchev–Trinajstić information content (AvgIpc) is 0.811. The Hall–Kier alpha value is 0.642. The smallest absolute Gasteiger partial charge is 0.314 e. The van der Waals surface area contributed by atoms with Crippen LogP contribution in [-0.2, 0) is 4.57 Å². The Balaban J connectivity index is -0.0000000450. The van der Waals surface area contributed by atoms with E-state index in [1.165, 1.54) is 0 Å². The van der Waals surface area contributed by atoms with Gasteiger partial charge in [-0.3, -0.25) is 4.57 Å². The third kappa shape index (κ3) is 149. The van der Waals surface area contributed by atoms with Crippen LogP contribution in [0.1, 0.15) is 0 Å². The van der Waals surface area contributed by atoms with Crippen molar-refractivity contribution in [3.05, 3.63) is 0 Å². The highest BCUT2D eigenvalue weighted by molar-refractivity contribution is 7.30. The molecule has 0 unspecified atom stereocenters. The van der Waals surface area contributed by atoms with Gasteiger partial charge in [-0.25, -0.2) is 0 Å². The fourth-order valence-corrected chi connectivity index (χ4v) is 0. The highest BCUT2D eigenvalue weighted by atomic mass is 31.1. The molecule has 0 aromatic heterocycles. The molecule has 0 heterocycles. The van der Waals surface area contributed by atoms with Crippen molar-refractivity contribution in [2.45, 2.75) is 0 Å². The lowest BCUT2D eigenvalue weighted by atomic mass is 14.0. The van der Waals surface area contributed by atoms with Gasteiger partial charge < -0.3 is 15.9 Å². The lowest BCUT2D eigenvalue weighted by Crippen LogP contribution is -1.38. The molecule has 0 aromatic carbocycles. The Kier molecular flexibility index (Phi) is 24.4. The first-order valence-corrected chi connectivity index (χ1v) is 1.95. The summed E-state index contributed by atoms with van der Waals surface area (Å²) in [6, 6.07) is 0. The van der Waals surface area contributed by atoms with Crippen molar-refractivity contribution in [3.63, 3.8) is 0 Å². The van der Waals surface area contributed by atoms with Crippen LogP contribution in [0, 0.1) is 0 Å². The van der Waals surface area contributed by atoms with Crippen LogP contribution in [0.3, 0.4) is 0 Å². The van der Waals surface area contributed by atoms with Gasteiger partial charge >= 0.3 is 8.25 Å².